The third-order valence-electron chi connectivity index (χ3n) is 5.92. The van der Waals surface area contributed by atoms with Crippen molar-refractivity contribution in [2.75, 3.05) is 54.1 Å². The van der Waals surface area contributed by atoms with Crippen LogP contribution in [0, 0.1) is 5.92 Å². The van der Waals surface area contributed by atoms with Crippen LogP contribution in [0.15, 0.2) is 0 Å². The molecule has 7 heteroatoms. The van der Waals surface area contributed by atoms with Gasteiger partial charge in [-0.25, -0.2) is 0 Å². The van der Waals surface area contributed by atoms with E-state index in [1.165, 1.54) is 77.0 Å². The van der Waals surface area contributed by atoms with E-state index in [0.29, 0.717) is 19.6 Å². The van der Waals surface area contributed by atoms with E-state index < -0.39 is 8.60 Å². The van der Waals surface area contributed by atoms with E-state index in [1.54, 1.807) is 6.92 Å². The van der Waals surface area contributed by atoms with Crippen LogP contribution in [0.5, 0.6) is 0 Å². The summed E-state index contributed by atoms with van der Waals surface area (Å²) in [6.07, 6.45) is 18.6. The summed E-state index contributed by atoms with van der Waals surface area (Å²) in [5, 5.41) is 0. The molecule has 0 aliphatic heterocycles. The van der Waals surface area contributed by atoms with Crippen LogP contribution in [-0.4, -0.2) is 69.3 Å². The van der Waals surface area contributed by atoms with Crippen molar-refractivity contribution in [1.29, 1.82) is 0 Å². The van der Waals surface area contributed by atoms with Gasteiger partial charge in [-0.1, -0.05) is 84.0 Å². The van der Waals surface area contributed by atoms with Crippen LogP contribution in [-0.2, 0) is 18.6 Å². The standard InChI is InChI=1S/C27H57NO5P/c1-6-7-8-9-10-11-12-13-14-15-16-17-18-21-31-24-27(23-26(2)29)25-33-34(30)32-22-19-20-28(3,4)5/h27,30H,6-25H2,1-5H3/q+1. The van der Waals surface area contributed by atoms with Gasteiger partial charge in [-0.2, -0.15) is 0 Å². The monoisotopic (exact) mass is 506 g/mol. The predicted molar refractivity (Wildman–Crippen MR) is 144 cm³/mol. The molecule has 204 valence electrons. The van der Waals surface area contributed by atoms with Crippen molar-refractivity contribution in [2.24, 2.45) is 5.92 Å². The molecule has 1 N–H and O–H groups in total. The molecule has 0 saturated heterocycles. The van der Waals surface area contributed by atoms with Gasteiger partial charge in [0.25, 0.3) is 0 Å². The number of hydrogen-bond acceptors (Lipinski definition) is 5. The number of carbonyl (C=O) groups excluding carboxylic acids is 1. The van der Waals surface area contributed by atoms with Crippen molar-refractivity contribution < 1.29 is 28.0 Å². The van der Waals surface area contributed by atoms with Crippen molar-refractivity contribution in [3.05, 3.63) is 0 Å². The Balaban J connectivity index is 3.67. The minimum absolute atomic E-state index is 0.0357. The van der Waals surface area contributed by atoms with E-state index in [1.807, 2.05) is 0 Å². The van der Waals surface area contributed by atoms with Crippen molar-refractivity contribution in [3.63, 3.8) is 0 Å². The van der Waals surface area contributed by atoms with Crippen LogP contribution >= 0.6 is 8.60 Å². The highest BCUT2D eigenvalue weighted by atomic mass is 31.2. The molecule has 0 aliphatic rings. The van der Waals surface area contributed by atoms with Gasteiger partial charge in [0.15, 0.2) is 0 Å². The second kappa shape index (κ2) is 23.3. The lowest BCUT2D eigenvalue weighted by molar-refractivity contribution is -0.870. The van der Waals surface area contributed by atoms with Crippen molar-refractivity contribution in [3.8, 4) is 0 Å². The summed E-state index contributed by atoms with van der Waals surface area (Å²) in [5.41, 5.74) is 0. The van der Waals surface area contributed by atoms with Gasteiger partial charge in [0.1, 0.15) is 5.78 Å². The second-order valence-corrected chi connectivity index (χ2v) is 11.8. The van der Waals surface area contributed by atoms with E-state index in [4.69, 9.17) is 13.8 Å². The molecule has 0 aliphatic carbocycles. The molecular formula is C27H57NO5P+. The summed E-state index contributed by atoms with van der Waals surface area (Å²) in [6, 6.07) is 0. The van der Waals surface area contributed by atoms with Crippen LogP contribution in [0.2, 0.25) is 0 Å². The fourth-order valence-electron chi connectivity index (χ4n) is 3.93. The topological polar surface area (TPSA) is 65.0 Å². The lowest BCUT2D eigenvalue weighted by atomic mass is 10.0. The molecule has 0 saturated carbocycles. The molecule has 0 amide bonds. The first kappa shape index (κ1) is 33.9. The maximum Gasteiger partial charge on any atom is 0.329 e. The zero-order valence-electron chi connectivity index (χ0n) is 23.2. The van der Waals surface area contributed by atoms with E-state index in [-0.39, 0.29) is 18.3 Å². The van der Waals surface area contributed by atoms with E-state index in [9.17, 15) is 9.69 Å². The van der Waals surface area contributed by atoms with Gasteiger partial charge in [0.05, 0.1) is 47.5 Å². The predicted octanol–water partition coefficient (Wildman–Crippen LogP) is 7.04. The Kier molecular flexibility index (Phi) is 23.2. The van der Waals surface area contributed by atoms with Crippen molar-refractivity contribution in [1.82, 2.24) is 0 Å². The van der Waals surface area contributed by atoms with Gasteiger partial charge in [0.2, 0.25) is 0 Å². The number of carbonyl (C=O) groups is 1. The molecule has 0 radical (unpaired) electrons. The molecule has 0 aromatic rings. The summed E-state index contributed by atoms with van der Waals surface area (Å²) < 4.78 is 17.5. The van der Waals surface area contributed by atoms with Crippen LogP contribution in [0.25, 0.3) is 0 Å². The average Bonchev–Trinajstić information content (AvgIpc) is 2.76. The van der Waals surface area contributed by atoms with E-state index in [2.05, 4.69) is 28.1 Å². The number of rotatable bonds is 26. The molecule has 0 fully saturated rings. The number of ether oxygens (including phenoxy) is 1. The number of hydrogen-bond donors (Lipinski definition) is 1. The normalized spacial score (nSPS) is 13.8. The minimum Gasteiger partial charge on any atom is -0.381 e. The SMILES string of the molecule is CCCCCCCCCCCCCCCOCC(COP(O)OCCC[N+](C)(C)C)CC(C)=O. The number of Topliss-reactive ketones (excluding diaryl/α,β-unsaturated/α-hetero) is 1. The highest BCUT2D eigenvalue weighted by Crippen LogP contribution is 2.33. The molecule has 0 bridgehead atoms. The Morgan fingerprint density at radius 3 is 1.79 bits per heavy atom. The first-order valence-electron chi connectivity index (χ1n) is 13.9. The van der Waals surface area contributed by atoms with Crippen LogP contribution in [0.4, 0.5) is 0 Å². The van der Waals surface area contributed by atoms with Crippen LogP contribution < -0.4 is 0 Å². The Morgan fingerprint density at radius 1 is 0.765 bits per heavy atom. The van der Waals surface area contributed by atoms with Gasteiger partial charge < -0.3 is 28.0 Å². The average molecular weight is 507 g/mol. The molecule has 6 nitrogen and oxygen atoms in total. The highest BCUT2D eigenvalue weighted by Gasteiger charge is 2.16. The third kappa shape index (κ3) is 26.5. The molecule has 2 atom stereocenters. The summed E-state index contributed by atoms with van der Waals surface area (Å²) in [6.45, 7) is 6.81. The van der Waals surface area contributed by atoms with E-state index in [0.717, 1.165) is 30.5 Å². The third-order valence-corrected chi connectivity index (χ3v) is 6.69. The zero-order chi connectivity index (χ0) is 25.5. The van der Waals surface area contributed by atoms with Gasteiger partial charge >= 0.3 is 8.60 Å². The Labute approximate surface area is 212 Å². The number of nitrogens with zero attached hydrogens (tertiary/aromatic N) is 1. The number of ketones is 1. The largest absolute Gasteiger partial charge is 0.381 e. The molecular weight excluding hydrogens is 449 g/mol. The fraction of sp³-hybridized carbons (Fsp3) is 0.963. The van der Waals surface area contributed by atoms with Gasteiger partial charge in [-0.05, 0) is 13.3 Å². The number of unbranched alkanes of at least 4 members (excludes halogenated alkanes) is 12. The Bertz CT molecular complexity index is 459. The summed E-state index contributed by atoms with van der Waals surface area (Å²) in [4.78, 5) is 21.5. The van der Waals surface area contributed by atoms with Crippen molar-refractivity contribution in [2.45, 2.75) is 110 Å². The van der Waals surface area contributed by atoms with Gasteiger partial charge in [-0.3, -0.25) is 0 Å². The second-order valence-electron chi connectivity index (χ2n) is 10.8. The quantitative estimate of drug-likeness (QED) is 0.0774. The maximum atomic E-state index is 11.6. The molecule has 2 unspecified atom stereocenters. The molecule has 0 aromatic carbocycles. The lowest BCUT2D eigenvalue weighted by Crippen LogP contribution is -2.35. The van der Waals surface area contributed by atoms with Crippen molar-refractivity contribution >= 4 is 14.4 Å². The molecule has 0 heterocycles. The summed E-state index contributed by atoms with van der Waals surface area (Å²) in [7, 11) is 4.48. The summed E-state index contributed by atoms with van der Waals surface area (Å²) >= 11 is 0. The molecule has 0 aromatic heterocycles. The molecule has 0 spiro atoms. The summed E-state index contributed by atoms with van der Waals surface area (Å²) in [5.74, 6) is 0.0794. The molecule has 0 rings (SSSR count). The minimum atomic E-state index is -1.90. The maximum absolute atomic E-state index is 11.6. The van der Waals surface area contributed by atoms with Crippen LogP contribution in [0.1, 0.15) is 110 Å². The van der Waals surface area contributed by atoms with Gasteiger partial charge in [-0.15, -0.1) is 0 Å². The lowest BCUT2D eigenvalue weighted by Gasteiger charge is -2.23. The fourth-order valence-corrected chi connectivity index (χ4v) is 4.63. The smallest absolute Gasteiger partial charge is 0.329 e. The molecule has 34 heavy (non-hydrogen) atoms. The van der Waals surface area contributed by atoms with Crippen LogP contribution in [0.3, 0.4) is 0 Å². The Morgan fingerprint density at radius 2 is 1.29 bits per heavy atom. The van der Waals surface area contributed by atoms with E-state index >= 15 is 0 Å². The first-order chi connectivity index (χ1) is 16.2. The first-order valence-corrected chi connectivity index (χ1v) is 15.0. The highest BCUT2D eigenvalue weighted by molar-refractivity contribution is 7.40. The zero-order valence-corrected chi connectivity index (χ0v) is 24.1. The van der Waals surface area contributed by atoms with Gasteiger partial charge in [0, 0.05) is 25.4 Å². The Hall–Kier alpha value is -0.100. The number of quaternary nitrogens is 1.